The van der Waals surface area contributed by atoms with Crippen LogP contribution in [0.25, 0.3) is 4.96 Å². The minimum atomic E-state index is -0.0289. The molecule has 0 atom stereocenters. The van der Waals surface area contributed by atoms with Gasteiger partial charge in [-0.05, 0) is 19.1 Å². The Bertz CT molecular complexity index is 734. The Morgan fingerprint density at radius 1 is 1.35 bits per heavy atom. The maximum absolute atomic E-state index is 9.58. The zero-order valence-electron chi connectivity index (χ0n) is 11.4. The van der Waals surface area contributed by atoms with Crippen molar-refractivity contribution in [3.63, 3.8) is 0 Å². The van der Waals surface area contributed by atoms with Crippen LogP contribution in [0.15, 0.2) is 29.8 Å². The Balaban J connectivity index is 1.92. The van der Waals surface area contributed by atoms with Crippen LogP contribution in [0.2, 0.25) is 0 Å². The lowest BCUT2D eigenvalue weighted by atomic mass is 10.3. The number of pyridine rings is 1. The number of nitrogens with zero attached hydrogens (tertiary/aromatic N) is 4. The van der Waals surface area contributed by atoms with Crippen LogP contribution in [0.1, 0.15) is 17.1 Å². The minimum absolute atomic E-state index is 0.0289. The zero-order valence-corrected chi connectivity index (χ0v) is 12.3. The van der Waals surface area contributed by atoms with Crippen molar-refractivity contribution in [3.8, 4) is 0 Å². The number of aromatic nitrogens is 3. The predicted molar refractivity (Wildman–Crippen MR) is 80.1 cm³/mol. The molecule has 3 heterocycles. The second-order valence-corrected chi connectivity index (χ2v) is 5.60. The number of anilines is 1. The fourth-order valence-electron chi connectivity index (χ4n) is 2.28. The SMILES string of the molecule is Cc1cccc(CN(C)c2nc3sccn3c2CO)n1. The van der Waals surface area contributed by atoms with E-state index >= 15 is 0 Å². The summed E-state index contributed by atoms with van der Waals surface area (Å²) in [6, 6.07) is 5.99. The van der Waals surface area contributed by atoms with Gasteiger partial charge in [0.2, 0.25) is 0 Å². The Labute approximate surface area is 121 Å². The van der Waals surface area contributed by atoms with E-state index in [1.165, 1.54) is 0 Å². The van der Waals surface area contributed by atoms with Crippen molar-refractivity contribution in [2.45, 2.75) is 20.1 Å². The summed E-state index contributed by atoms with van der Waals surface area (Å²) in [4.78, 5) is 12.0. The first-order chi connectivity index (χ1) is 9.69. The van der Waals surface area contributed by atoms with Crippen molar-refractivity contribution in [2.24, 2.45) is 0 Å². The first-order valence-corrected chi connectivity index (χ1v) is 7.26. The molecule has 5 nitrogen and oxygen atoms in total. The molecule has 104 valence electrons. The summed E-state index contributed by atoms with van der Waals surface area (Å²) in [5, 5.41) is 11.5. The van der Waals surface area contributed by atoms with E-state index < -0.39 is 0 Å². The Morgan fingerprint density at radius 2 is 2.20 bits per heavy atom. The van der Waals surface area contributed by atoms with Gasteiger partial charge in [0.25, 0.3) is 0 Å². The third kappa shape index (κ3) is 2.28. The quantitative estimate of drug-likeness (QED) is 0.800. The monoisotopic (exact) mass is 288 g/mol. The van der Waals surface area contributed by atoms with Crippen molar-refractivity contribution in [1.82, 2.24) is 14.4 Å². The molecule has 0 radical (unpaired) electrons. The van der Waals surface area contributed by atoms with E-state index in [0.717, 1.165) is 27.9 Å². The molecule has 3 aromatic rings. The summed E-state index contributed by atoms with van der Waals surface area (Å²) < 4.78 is 1.93. The van der Waals surface area contributed by atoms with Gasteiger partial charge >= 0.3 is 0 Å². The smallest absolute Gasteiger partial charge is 0.195 e. The van der Waals surface area contributed by atoms with Crippen LogP contribution >= 0.6 is 11.3 Å². The molecule has 0 bridgehead atoms. The Kier molecular flexibility index (Phi) is 3.42. The molecule has 0 saturated heterocycles. The fourth-order valence-corrected chi connectivity index (χ4v) is 3.01. The molecule has 6 heteroatoms. The van der Waals surface area contributed by atoms with Crippen molar-refractivity contribution >= 4 is 22.1 Å². The molecule has 20 heavy (non-hydrogen) atoms. The third-order valence-corrected chi connectivity index (χ3v) is 3.95. The molecule has 3 rings (SSSR count). The second kappa shape index (κ2) is 5.22. The van der Waals surface area contributed by atoms with Gasteiger partial charge in [-0.3, -0.25) is 9.38 Å². The normalized spacial score (nSPS) is 11.2. The van der Waals surface area contributed by atoms with Gasteiger partial charge in [-0.2, -0.15) is 0 Å². The topological polar surface area (TPSA) is 53.7 Å². The maximum Gasteiger partial charge on any atom is 0.195 e. The summed E-state index contributed by atoms with van der Waals surface area (Å²) in [7, 11) is 1.97. The number of hydrogen-bond donors (Lipinski definition) is 1. The summed E-state index contributed by atoms with van der Waals surface area (Å²) in [5.74, 6) is 0.808. The molecule has 0 aliphatic carbocycles. The fraction of sp³-hybridized carbons (Fsp3) is 0.286. The lowest BCUT2D eigenvalue weighted by Crippen LogP contribution is -2.19. The number of aliphatic hydroxyl groups excluding tert-OH is 1. The van der Waals surface area contributed by atoms with Crippen molar-refractivity contribution in [2.75, 3.05) is 11.9 Å². The van der Waals surface area contributed by atoms with E-state index in [1.54, 1.807) is 11.3 Å². The number of hydrogen-bond acceptors (Lipinski definition) is 5. The van der Waals surface area contributed by atoms with E-state index in [9.17, 15) is 5.11 Å². The largest absolute Gasteiger partial charge is 0.390 e. The van der Waals surface area contributed by atoms with E-state index in [-0.39, 0.29) is 6.61 Å². The number of fused-ring (bicyclic) bond motifs is 1. The average molecular weight is 288 g/mol. The van der Waals surface area contributed by atoms with Gasteiger partial charge in [-0.25, -0.2) is 4.98 Å². The van der Waals surface area contributed by atoms with E-state index in [2.05, 4.69) is 9.97 Å². The highest BCUT2D eigenvalue weighted by Crippen LogP contribution is 2.24. The second-order valence-electron chi connectivity index (χ2n) is 4.72. The molecule has 0 spiro atoms. The van der Waals surface area contributed by atoms with Crippen LogP contribution in [0.5, 0.6) is 0 Å². The van der Waals surface area contributed by atoms with Crippen LogP contribution in [-0.2, 0) is 13.2 Å². The molecule has 0 fully saturated rings. The summed E-state index contributed by atoms with van der Waals surface area (Å²) in [6.07, 6.45) is 1.93. The Hall–Kier alpha value is -1.92. The lowest BCUT2D eigenvalue weighted by molar-refractivity contribution is 0.276. The van der Waals surface area contributed by atoms with E-state index in [4.69, 9.17) is 0 Å². The lowest BCUT2D eigenvalue weighted by Gasteiger charge is -2.17. The van der Waals surface area contributed by atoms with Gasteiger partial charge in [0.05, 0.1) is 24.5 Å². The van der Waals surface area contributed by atoms with Crippen molar-refractivity contribution in [1.29, 1.82) is 0 Å². The van der Waals surface area contributed by atoms with Crippen LogP contribution in [0, 0.1) is 6.92 Å². The number of thiazole rings is 1. The van der Waals surface area contributed by atoms with E-state index in [0.29, 0.717) is 6.54 Å². The molecule has 0 aliphatic rings. The first kappa shape index (κ1) is 13.1. The number of aryl methyl sites for hydroxylation is 1. The molecule has 1 N–H and O–H groups in total. The van der Waals surface area contributed by atoms with Crippen LogP contribution in [-0.4, -0.2) is 26.5 Å². The molecule has 0 saturated carbocycles. The minimum Gasteiger partial charge on any atom is -0.390 e. The van der Waals surface area contributed by atoms with Gasteiger partial charge in [-0.1, -0.05) is 6.07 Å². The number of aliphatic hydroxyl groups is 1. The summed E-state index contributed by atoms with van der Waals surface area (Å²) in [5.41, 5.74) is 2.81. The highest BCUT2D eigenvalue weighted by molar-refractivity contribution is 7.15. The summed E-state index contributed by atoms with van der Waals surface area (Å²) in [6.45, 7) is 2.62. The van der Waals surface area contributed by atoms with Gasteiger partial charge < -0.3 is 10.0 Å². The molecular weight excluding hydrogens is 272 g/mol. The van der Waals surface area contributed by atoms with Crippen LogP contribution in [0.3, 0.4) is 0 Å². The molecule has 0 aliphatic heterocycles. The van der Waals surface area contributed by atoms with Crippen molar-refractivity contribution in [3.05, 3.63) is 46.9 Å². The summed E-state index contributed by atoms with van der Waals surface area (Å²) >= 11 is 1.56. The van der Waals surface area contributed by atoms with Crippen LogP contribution < -0.4 is 4.90 Å². The molecule has 3 aromatic heterocycles. The maximum atomic E-state index is 9.58. The molecule has 0 aromatic carbocycles. The standard InChI is InChI=1S/C14H16N4OS/c1-10-4-3-5-11(15-10)8-17(2)13-12(9-19)18-6-7-20-14(18)16-13/h3-7,19H,8-9H2,1-2H3. The number of rotatable bonds is 4. The molecule has 0 amide bonds. The highest BCUT2D eigenvalue weighted by Gasteiger charge is 2.16. The third-order valence-electron chi connectivity index (χ3n) is 3.20. The Morgan fingerprint density at radius 3 is 2.95 bits per heavy atom. The molecule has 0 unspecified atom stereocenters. The van der Waals surface area contributed by atoms with Crippen molar-refractivity contribution < 1.29 is 5.11 Å². The van der Waals surface area contributed by atoms with Gasteiger partial charge in [0.15, 0.2) is 10.8 Å². The zero-order chi connectivity index (χ0) is 14.1. The first-order valence-electron chi connectivity index (χ1n) is 6.38. The van der Waals surface area contributed by atoms with E-state index in [1.807, 2.05) is 53.0 Å². The highest BCUT2D eigenvalue weighted by atomic mass is 32.1. The van der Waals surface area contributed by atoms with Crippen LogP contribution in [0.4, 0.5) is 5.82 Å². The van der Waals surface area contributed by atoms with Gasteiger partial charge in [0.1, 0.15) is 0 Å². The van der Waals surface area contributed by atoms with Gasteiger partial charge in [0, 0.05) is 24.3 Å². The average Bonchev–Trinajstić information content (AvgIpc) is 2.98. The molecular formula is C14H16N4OS. The number of imidazole rings is 1. The predicted octanol–water partition coefficient (Wildman–Crippen LogP) is 2.23. The van der Waals surface area contributed by atoms with Gasteiger partial charge in [-0.15, -0.1) is 11.3 Å².